The molecule has 2 aliphatic heterocycles. The van der Waals surface area contributed by atoms with Crippen LogP contribution in [0.15, 0.2) is 15.9 Å². The number of urea groups is 1. The number of carbonyl (C=O) groups excluding carboxylic acids is 2. The maximum absolute atomic E-state index is 12.2. The van der Waals surface area contributed by atoms with Crippen molar-refractivity contribution in [1.82, 2.24) is 10.2 Å². The molecule has 3 heterocycles. The summed E-state index contributed by atoms with van der Waals surface area (Å²) in [5.74, 6) is 0.304. The second-order valence-corrected chi connectivity index (χ2v) is 7.04. The van der Waals surface area contributed by atoms with Gasteiger partial charge in [-0.2, -0.15) is 0 Å². The van der Waals surface area contributed by atoms with Crippen LogP contribution < -0.4 is 5.32 Å². The number of ketones is 1. The molecule has 0 aliphatic carbocycles. The average molecular weight is 343 g/mol. The summed E-state index contributed by atoms with van der Waals surface area (Å²) in [6.07, 6.45) is 3.01. The fraction of sp³-hybridized carbons (Fsp3) is 0.538. The number of nitrogens with one attached hydrogen (secondary N) is 1. The zero-order chi connectivity index (χ0) is 13.4. The summed E-state index contributed by atoms with van der Waals surface area (Å²) in [5.41, 5.74) is 0. The van der Waals surface area contributed by atoms with Gasteiger partial charge in [-0.3, -0.25) is 4.79 Å². The lowest BCUT2D eigenvalue weighted by molar-refractivity contribution is -0.122. The Bertz CT molecular complexity index is 500. The van der Waals surface area contributed by atoms with Crippen molar-refractivity contribution in [2.24, 2.45) is 0 Å². The number of fused-ring (bicyclic) bond motifs is 2. The van der Waals surface area contributed by atoms with E-state index >= 15 is 0 Å². The zero-order valence-corrected chi connectivity index (χ0v) is 12.8. The van der Waals surface area contributed by atoms with E-state index in [-0.39, 0.29) is 18.1 Å². The van der Waals surface area contributed by atoms with Gasteiger partial charge in [0.05, 0.1) is 6.54 Å². The van der Waals surface area contributed by atoms with Gasteiger partial charge in [0.1, 0.15) is 5.78 Å². The molecule has 2 amide bonds. The summed E-state index contributed by atoms with van der Waals surface area (Å²) in [5, 5.41) is 4.97. The van der Waals surface area contributed by atoms with Gasteiger partial charge in [-0.25, -0.2) is 4.79 Å². The number of hydrogen-bond acceptors (Lipinski definition) is 3. The Morgan fingerprint density at radius 3 is 2.68 bits per heavy atom. The average Bonchev–Trinajstić information content (AvgIpc) is 2.89. The first kappa shape index (κ1) is 13.1. The Balaban J connectivity index is 1.60. The van der Waals surface area contributed by atoms with Crippen LogP contribution >= 0.6 is 27.3 Å². The highest BCUT2D eigenvalue weighted by Gasteiger charge is 2.42. The lowest BCUT2D eigenvalue weighted by Gasteiger charge is -2.33. The van der Waals surface area contributed by atoms with E-state index in [1.54, 1.807) is 11.3 Å². The minimum absolute atomic E-state index is 0.0236. The van der Waals surface area contributed by atoms with Crippen LogP contribution in [0.4, 0.5) is 4.79 Å². The van der Waals surface area contributed by atoms with Crippen molar-refractivity contribution in [3.8, 4) is 0 Å². The van der Waals surface area contributed by atoms with Crippen LogP contribution in [0.3, 0.4) is 0 Å². The summed E-state index contributed by atoms with van der Waals surface area (Å²) < 4.78 is 1.05. The number of rotatable bonds is 2. The number of piperidine rings is 1. The number of carbonyl (C=O) groups is 2. The van der Waals surface area contributed by atoms with Gasteiger partial charge in [-0.05, 0) is 34.8 Å². The number of amides is 2. The second kappa shape index (κ2) is 5.25. The molecule has 19 heavy (non-hydrogen) atoms. The molecule has 2 unspecified atom stereocenters. The molecule has 6 heteroatoms. The van der Waals surface area contributed by atoms with Gasteiger partial charge in [0.25, 0.3) is 0 Å². The van der Waals surface area contributed by atoms with E-state index < -0.39 is 0 Å². The van der Waals surface area contributed by atoms with Gasteiger partial charge in [-0.15, -0.1) is 11.3 Å². The van der Waals surface area contributed by atoms with Gasteiger partial charge >= 0.3 is 6.03 Å². The SMILES string of the molecule is O=C1CC2CCC(C1)N2C(=O)NCc1cc(Br)cs1. The highest BCUT2D eigenvalue weighted by atomic mass is 79.9. The van der Waals surface area contributed by atoms with Crippen molar-refractivity contribution in [3.05, 3.63) is 20.8 Å². The molecule has 0 spiro atoms. The predicted molar refractivity (Wildman–Crippen MR) is 77.1 cm³/mol. The summed E-state index contributed by atoms with van der Waals surface area (Å²) >= 11 is 5.02. The first-order chi connectivity index (χ1) is 9.13. The van der Waals surface area contributed by atoms with Crippen molar-refractivity contribution in [2.75, 3.05) is 0 Å². The number of Topliss-reactive ketones (excluding diaryl/α,β-unsaturated/α-hetero) is 1. The number of thiophene rings is 1. The highest BCUT2D eigenvalue weighted by Crippen LogP contribution is 2.33. The molecule has 3 rings (SSSR count). The molecule has 2 saturated heterocycles. The summed E-state index contributed by atoms with van der Waals surface area (Å²) in [7, 11) is 0. The molecular weight excluding hydrogens is 328 g/mol. The standard InChI is InChI=1S/C13H15BrN2O2S/c14-8-3-12(19-7-8)6-15-13(18)16-9-1-2-10(16)5-11(17)4-9/h3,7,9-10H,1-2,4-6H2,(H,15,18). The molecule has 2 fully saturated rings. The quantitative estimate of drug-likeness (QED) is 0.898. The maximum atomic E-state index is 12.2. The Hall–Kier alpha value is -0.880. The third-order valence-corrected chi connectivity index (χ3v) is 5.51. The van der Waals surface area contributed by atoms with Crippen LogP contribution in [0.5, 0.6) is 0 Å². The van der Waals surface area contributed by atoms with E-state index in [2.05, 4.69) is 21.2 Å². The summed E-state index contributed by atoms with van der Waals surface area (Å²) in [6, 6.07) is 2.24. The fourth-order valence-electron chi connectivity index (χ4n) is 3.00. The van der Waals surface area contributed by atoms with Gasteiger partial charge in [-0.1, -0.05) is 0 Å². The van der Waals surface area contributed by atoms with Crippen molar-refractivity contribution in [1.29, 1.82) is 0 Å². The fourth-order valence-corrected chi connectivity index (χ4v) is 4.39. The Labute approximate surface area is 124 Å². The number of nitrogens with zero attached hydrogens (tertiary/aromatic N) is 1. The van der Waals surface area contributed by atoms with E-state index in [9.17, 15) is 9.59 Å². The second-order valence-electron chi connectivity index (χ2n) is 5.13. The van der Waals surface area contributed by atoms with E-state index in [0.717, 1.165) is 22.2 Å². The zero-order valence-electron chi connectivity index (χ0n) is 10.4. The van der Waals surface area contributed by atoms with Crippen molar-refractivity contribution < 1.29 is 9.59 Å². The predicted octanol–water partition coefficient (Wildman–Crippen LogP) is 2.92. The van der Waals surface area contributed by atoms with Crippen LogP contribution in [0, 0.1) is 0 Å². The minimum atomic E-state index is -0.0236. The lowest BCUT2D eigenvalue weighted by Crippen LogP contribution is -2.50. The highest BCUT2D eigenvalue weighted by molar-refractivity contribution is 9.10. The Kier molecular flexibility index (Phi) is 3.62. The molecule has 2 bridgehead atoms. The van der Waals surface area contributed by atoms with E-state index in [1.165, 1.54) is 0 Å². The van der Waals surface area contributed by atoms with Crippen molar-refractivity contribution in [3.63, 3.8) is 0 Å². The van der Waals surface area contributed by atoms with E-state index in [1.807, 2.05) is 16.3 Å². The molecule has 1 aromatic heterocycles. The van der Waals surface area contributed by atoms with Gasteiger partial charge < -0.3 is 10.2 Å². The van der Waals surface area contributed by atoms with E-state index in [0.29, 0.717) is 25.2 Å². The van der Waals surface area contributed by atoms with Gasteiger partial charge in [0.15, 0.2) is 0 Å². The lowest BCUT2D eigenvalue weighted by atomic mass is 10.0. The molecule has 102 valence electrons. The minimum Gasteiger partial charge on any atom is -0.333 e. The van der Waals surface area contributed by atoms with Crippen LogP contribution in [0.1, 0.15) is 30.6 Å². The van der Waals surface area contributed by atoms with Gasteiger partial charge in [0.2, 0.25) is 0 Å². The number of halogens is 1. The molecule has 2 aliphatic rings. The van der Waals surface area contributed by atoms with Crippen LogP contribution in [-0.2, 0) is 11.3 Å². The van der Waals surface area contributed by atoms with Crippen LogP contribution in [0.25, 0.3) is 0 Å². The first-order valence-electron chi connectivity index (χ1n) is 6.44. The van der Waals surface area contributed by atoms with Gasteiger partial charge in [0, 0.05) is 39.7 Å². The normalized spacial score (nSPS) is 25.7. The molecule has 1 N–H and O–H groups in total. The molecule has 0 aromatic carbocycles. The summed E-state index contributed by atoms with van der Waals surface area (Å²) in [4.78, 5) is 26.8. The maximum Gasteiger partial charge on any atom is 0.318 e. The summed E-state index contributed by atoms with van der Waals surface area (Å²) in [6.45, 7) is 0.555. The van der Waals surface area contributed by atoms with E-state index in [4.69, 9.17) is 0 Å². The smallest absolute Gasteiger partial charge is 0.318 e. The van der Waals surface area contributed by atoms with Crippen molar-refractivity contribution in [2.45, 2.75) is 44.3 Å². The number of hydrogen-bond donors (Lipinski definition) is 1. The van der Waals surface area contributed by atoms with Crippen molar-refractivity contribution >= 4 is 39.1 Å². The third-order valence-electron chi connectivity index (χ3n) is 3.82. The molecule has 0 saturated carbocycles. The third kappa shape index (κ3) is 2.69. The molecule has 1 aromatic rings. The van der Waals surface area contributed by atoms with Crippen LogP contribution in [0.2, 0.25) is 0 Å². The topological polar surface area (TPSA) is 49.4 Å². The molecular formula is C13H15BrN2O2S. The Morgan fingerprint density at radius 2 is 2.11 bits per heavy atom. The first-order valence-corrected chi connectivity index (χ1v) is 8.11. The molecule has 4 nitrogen and oxygen atoms in total. The van der Waals surface area contributed by atoms with Crippen LogP contribution in [-0.4, -0.2) is 28.8 Å². The monoisotopic (exact) mass is 342 g/mol. The largest absolute Gasteiger partial charge is 0.333 e. The molecule has 2 atom stereocenters. The molecule has 0 radical (unpaired) electrons. The Morgan fingerprint density at radius 1 is 1.42 bits per heavy atom.